The summed E-state index contributed by atoms with van der Waals surface area (Å²) in [5.41, 5.74) is 0.372. The maximum atomic E-state index is 13.0. The van der Waals surface area contributed by atoms with Gasteiger partial charge in [-0.3, -0.25) is 4.79 Å². The third-order valence-corrected chi connectivity index (χ3v) is 3.65. The standard InChI is InChI=1S/C12H12BrClFNO2/c13-8-5-7(15)6-9(14)11(8)16-12(17)10-3-1-2-4-18-10/h5-6,10H,1-4H2,(H,16,17). The van der Waals surface area contributed by atoms with E-state index >= 15 is 0 Å². The molecule has 2 rings (SSSR count). The van der Waals surface area contributed by atoms with Gasteiger partial charge < -0.3 is 10.1 Å². The molecule has 0 saturated carbocycles. The van der Waals surface area contributed by atoms with Crippen molar-refractivity contribution in [2.24, 2.45) is 0 Å². The lowest BCUT2D eigenvalue weighted by molar-refractivity contribution is -0.129. The van der Waals surface area contributed by atoms with E-state index in [2.05, 4.69) is 21.2 Å². The maximum Gasteiger partial charge on any atom is 0.253 e. The number of carbonyl (C=O) groups is 1. The first-order valence-electron chi connectivity index (χ1n) is 5.65. The van der Waals surface area contributed by atoms with Crippen molar-refractivity contribution in [2.45, 2.75) is 25.4 Å². The molecule has 1 unspecified atom stereocenters. The molecule has 1 aliphatic rings. The second kappa shape index (κ2) is 5.99. The average molecular weight is 337 g/mol. The van der Waals surface area contributed by atoms with E-state index in [9.17, 15) is 9.18 Å². The molecule has 1 N–H and O–H groups in total. The fourth-order valence-electron chi connectivity index (χ4n) is 1.81. The van der Waals surface area contributed by atoms with Gasteiger partial charge in [0.1, 0.15) is 11.9 Å². The van der Waals surface area contributed by atoms with Crippen LogP contribution in [0.1, 0.15) is 19.3 Å². The van der Waals surface area contributed by atoms with E-state index in [-0.39, 0.29) is 10.9 Å². The zero-order chi connectivity index (χ0) is 13.1. The molecule has 0 radical (unpaired) electrons. The molecule has 98 valence electrons. The lowest BCUT2D eigenvalue weighted by Gasteiger charge is -2.22. The van der Waals surface area contributed by atoms with E-state index in [1.165, 1.54) is 6.07 Å². The third kappa shape index (κ3) is 3.22. The van der Waals surface area contributed by atoms with Crippen molar-refractivity contribution in [3.8, 4) is 0 Å². The van der Waals surface area contributed by atoms with Crippen LogP contribution in [0.2, 0.25) is 5.02 Å². The zero-order valence-corrected chi connectivity index (χ0v) is 11.9. The van der Waals surface area contributed by atoms with Crippen LogP contribution in [0.3, 0.4) is 0 Å². The summed E-state index contributed by atoms with van der Waals surface area (Å²) in [6.07, 6.45) is 2.19. The average Bonchev–Trinajstić information content (AvgIpc) is 2.34. The van der Waals surface area contributed by atoms with E-state index < -0.39 is 11.9 Å². The molecule has 0 aliphatic carbocycles. The zero-order valence-electron chi connectivity index (χ0n) is 9.51. The van der Waals surface area contributed by atoms with Crippen LogP contribution >= 0.6 is 27.5 Å². The highest BCUT2D eigenvalue weighted by atomic mass is 79.9. The predicted octanol–water partition coefficient (Wildman–Crippen LogP) is 3.75. The summed E-state index contributed by atoms with van der Waals surface area (Å²) in [5, 5.41) is 2.82. The number of rotatable bonds is 2. The summed E-state index contributed by atoms with van der Waals surface area (Å²) in [6, 6.07) is 2.41. The van der Waals surface area contributed by atoms with Crippen molar-refractivity contribution in [3.05, 3.63) is 27.4 Å². The number of benzene rings is 1. The molecule has 1 fully saturated rings. The van der Waals surface area contributed by atoms with Crippen molar-refractivity contribution in [1.82, 2.24) is 0 Å². The van der Waals surface area contributed by atoms with Crippen LogP contribution in [0.4, 0.5) is 10.1 Å². The highest BCUT2D eigenvalue weighted by molar-refractivity contribution is 9.10. The normalized spacial score (nSPS) is 19.6. The molecule has 1 aromatic carbocycles. The first kappa shape index (κ1) is 13.8. The Bertz CT molecular complexity index is 440. The van der Waals surface area contributed by atoms with E-state index in [0.29, 0.717) is 23.2 Å². The molecule has 0 aromatic heterocycles. The highest BCUT2D eigenvalue weighted by Gasteiger charge is 2.23. The molecule has 3 nitrogen and oxygen atoms in total. The summed E-state index contributed by atoms with van der Waals surface area (Å²) >= 11 is 9.06. The van der Waals surface area contributed by atoms with Crippen LogP contribution in [0, 0.1) is 5.82 Å². The number of carbonyl (C=O) groups excluding carboxylic acids is 1. The van der Waals surface area contributed by atoms with Gasteiger partial charge in [0.2, 0.25) is 0 Å². The van der Waals surface area contributed by atoms with Crippen LogP contribution < -0.4 is 5.32 Å². The van der Waals surface area contributed by atoms with Gasteiger partial charge in [0, 0.05) is 11.1 Å². The SMILES string of the molecule is O=C(Nc1c(Cl)cc(F)cc1Br)C1CCCCO1. The second-order valence-corrected chi connectivity index (χ2v) is 5.35. The molecule has 1 aromatic rings. The van der Waals surface area contributed by atoms with Crippen LogP contribution in [-0.2, 0) is 9.53 Å². The molecule has 0 spiro atoms. The van der Waals surface area contributed by atoms with Gasteiger partial charge in [0.25, 0.3) is 5.91 Å². The lowest BCUT2D eigenvalue weighted by atomic mass is 10.1. The Hall–Kier alpha value is -0.650. The fraction of sp³-hybridized carbons (Fsp3) is 0.417. The summed E-state index contributed by atoms with van der Waals surface area (Å²) in [7, 11) is 0. The van der Waals surface area contributed by atoms with Crippen LogP contribution in [0.25, 0.3) is 0 Å². The van der Waals surface area contributed by atoms with Crippen LogP contribution in [-0.4, -0.2) is 18.6 Å². The van der Waals surface area contributed by atoms with Gasteiger partial charge in [0.05, 0.1) is 10.7 Å². The molecule has 1 amide bonds. The van der Waals surface area contributed by atoms with E-state index in [1.807, 2.05) is 0 Å². The lowest BCUT2D eigenvalue weighted by Crippen LogP contribution is -2.33. The quantitative estimate of drug-likeness (QED) is 0.893. The predicted molar refractivity (Wildman–Crippen MR) is 71.3 cm³/mol. The van der Waals surface area contributed by atoms with E-state index in [4.69, 9.17) is 16.3 Å². The summed E-state index contributed by atoms with van der Waals surface area (Å²) < 4.78 is 18.8. The minimum atomic E-state index is -0.459. The van der Waals surface area contributed by atoms with Crippen LogP contribution in [0.15, 0.2) is 16.6 Å². The van der Waals surface area contributed by atoms with Gasteiger partial charge in [-0.1, -0.05) is 11.6 Å². The van der Waals surface area contributed by atoms with Crippen molar-refractivity contribution in [2.75, 3.05) is 11.9 Å². The third-order valence-electron chi connectivity index (χ3n) is 2.73. The number of anilines is 1. The van der Waals surface area contributed by atoms with Crippen molar-refractivity contribution < 1.29 is 13.9 Å². The Balaban J connectivity index is 2.11. The summed E-state index contributed by atoms with van der Waals surface area (Å²) in [5.74, 6) is -0.706. The van der Waals surface area contributed by atoms with Crippen molar-refractivity contribution >= 4 is 39.1 Å². The molecule has 18 heavy (non-hydrogen) atoms. The first-order chi connectivity index (χ1) is 8.58. The fourth-order valence-corrected chi connectivity index (χ4v) is 2.71. The van der Waals surface area contributed by atoms with Gasteiger partial charge in [-0.15, -0.1) is 0 Å². The first-order valence-corrected chi connectivity index (χ1v) is 6.82. The largest absolute Gasteiger partial charge is 0.368 e. The molecule has 1 heterocycles. The topological polar surface area (TPSA) is 38.3 Å². The Morgan fingerprint density at radius 1 is 1.50 bits per heavy atom. The Morgan fingerprint density at radius 2 is 2.28 bits per heavy atom. The molecular formula is C12H12BrClFNO2. The number of amides is 1. The highest BCUT2D eigenvalue weighted by Crippen LogP contribution is 2.32. The monoisotopic (exact) mass is 335 g/mol. The molecule has 6 heteroatoms. The number of halogens is 3. The molecular weight excluding hydrogens is 324 g/mol. The Labute approximate surface area is 118 Å². The number of ether oxygens (including phenoxy) is 1. The van der Waals surface area contributed by atoms with Crippen molar-refractivity contribution in [3.63, 3.8) is 0 Å². The minimum absolute atomic E-state index is 0.158. The Kier molecular flexibility index (Phi) is 4.59. The number of hydrogen-bond acceptors (Lipinski definition) is 2. The molecule has 1 aliphatic heterocycles. The van der Waals surface area contributed by atoms with Gasteiger partial charge in [-0.25, -0.2) is 4.39 Å². The maximum absolute atomic E-state index is 13.0. The van der Waals surface area contributed by atoms with E-state index in [0.717, 1.165) is 18.9 Å². The molecule has 0 bridgehead atoms. The Morgan fingerprint density at radius 3 is 2.89 bits per heavy atom. The van der Waals surface area contributed by atoms with Gasteiger partial charge in [0.15, 0.2) is 0 Å². The van der Waals surface area contributed by atoms with Crippen molar-refractivity contribution in [1.29, 1.82) is 0 Å². The van der Waals surface area contributed by atoms with Gasteiger partial charge >= 0.3 is 0 Å². The molecule has 1 atom stereocenters. The van der Waals surface area contributed by atoms with Gasteiger partial charge in [-0.05, 0) is 47.3 Å². The van der Waals surface area contributed by atoms with Gasteiger partial charge in [-0.2, -0.15) is 0 Å². The smallest absolute Gasteiger partial charge is 0.253 e. The number of nitrogens with one attached hydrogen (secondary N) is 1. The van der Waals surface area contributed by atoms with E-state index in [1.54, 1.807) is 0 Å². The summed E-state index contributed by atoms with van der Waals surface area (Å²) in [4.78, 5) is 11.9. The summed E-state index contributed by atoms with van der Waals surface area (Å²) in [6.45, 7) is 0.594. The second-order valence-electron chi connectivity index (χ2n) is 4.09. The number of hydrogen-bond donors (Lipinski definition) is 1. The van der Waals surface area contributed by atoms with Crippen LogP contribution in [0.5, 0.6) is 0 Å². The minimum Gasteiger partial charge on any atom is -0.368 e. The molecule has 1 saturated heterocycles.